The molecule has 0 fully saturated rings. The summed E-state index contributed by atoms with van der Waals surface area (Å²) in [4.78, 5) is 12.0. The Bertz CT molecular complexity index is 563. The van der Waals surface area contributed by atoms with Crippen LogP contribution in [0, 0.1) is 6.92 Å². The average Bonchev–Trinajstić information content (AvgIpc) is 2.85. The number of rotatable bonds is 2. The third-order valence-corrected chi connectivity index (χ3v) is 3.59. The number of aromatic nitrogens is 2. The molecule has 2 aromatic heterocycles. The van der Waals surface area contributed by atoms with Crippen molar-refractivity contribution in [2.24, 2.45) is 0 Å². The van der Waals surface area contributed by atoms with Crippen LogP contribution in [0.4, 0.5) is 5.82 Å². The molecule has 0 unspecified atom stereocenters. The molecule has 0 saturated heterocycles. The van der Waals surface area contributed by atoms with E-state index < -0.39 is 0 Å². The van der Waals surface area contributed by atoms with E-state index in [4.69, 9.17) is 0 Å². The minimum atomic E-state index is -0.110. The smallest absolute Gasteiger partial charge is 0.257 e. The Morgan fingerprint density at radius 2 is 2.11 bits per heavy atom. The molecule has 2 heterocycles. The third kappa shape index (κ3) is 2.61. The van der Waals surface area contributed by atoms with E-state index in [-0.39, 0.29) is 11.3 Å². The number of aromatic amines is 1. The van der Waals surface area contributed by atoms with Crippen LogP contribution in [-0.4, -0.2) is 16.1 Å². The summed E-state index contributed by atoms with van der Waals surface area (Å²) in [6, 6.07) is 1.87. The van der Waals surface area contributed by atoms with E-state index in [0.717, 1.165) is 11.3 Å². The van der Waals surface area contributed by atoms with Gasteiger partial charge in [-0.25, -0.2) is 0 Å². The largest absolute Gasteiger partial charge is 0.305 e. The van der Waals surface area contributed by atoms with Gasteiger partial charge in [0.25, 0.3) is 5.91 Å². The van der Waals surface area contributed by atoms with E-state index in [2.05, 4.69) is 36.3 Å². The molecule has 0 aliphatic rings. The maximum absolute atomic E-state index is 12.0. The Morgan fingerprint density at radius 3 is 2.61 bits per heavy atom. The first-order valence-corrected chi connectivity index (χ1v) is 6.72. The van der Waals surface area contributed by atoms with Crippen LogP contribution in [0.5, 0.6) is 0 Å². The minimum Gasteiger partial charge on any atom is -0.305 e. The monoisotopic (exact) mass is 263 g/mol. The molecule has 1 amide bonds. The molecule has 0 aromatic carbocycles. The Labute approximate surface area is 110 Å². The number of thiophene rings is 1. The van der Waals surface area contributed by atoms with E-state index in [1.165, 1.54) is 11.3 Å². The first kappa shape index (κ1) is 12.8. The lowest BCUT2D eigenvalue weighted by molar-refractivity contribution is 0.102. The van der Waals surface area contributed by atoms with Gasteiger partial charge in [0.2, 0.25) is 0 Å². The van der Waals surface area contributed by atoms with Crippen LogP contribution in [0.1, 0.15) is 42.4 Å². The normalized spacial score (nSPS) is 11.6. The summed E-state index contributed by atoms with van der Waals surface area (Å²) in [5.41, 5.74) is 2.69. The highest BCUT2D eigenvalue weighted by atomic mass is 32.1. The van der Waals surface area contributed by atoms with Gasteiger partial charge >= 0.3 is 0 Å². The Hall–Kier alpha value is -1.62. The predicted octanol–water partition coefficient (Wildman–Crippen LogP) is 3.33. The maximum atomic E-state index is 12.0. The number of aryl methyl sites for hydroxylation is 1. The van der Waals surface area contributed by atoms with E-state index in [1.807, 2.05) is 23.8 Å². The van der Waals surface area contributed by atoms with Gasteiger partial charge in [-0.2, -0.15) is 16.4 Å². The van der Waals surface area contributed by atoms with Crippen molar-refractivity contribution in [2.45, 2.75) is 33.1 Å². The van der Waals surface area contributed by atoms with Gasteiger partial charge in [-0.1, -0.05) is 20.8 Å². The van der Waals surface area contributed by atoms with Crippen LogP contribution >= 0.6 is 11.3 Å². The molecule has 18 heavy (non-hydrogen) atoms. The van der Waals surface area contributed by atoms with Crippen molar-refractivity contribution in [3.63, 3.8) is 0 Å². The summed E-state index contributed by atoms with van der Waals surface area (Å²) in [6.45, 7) is 8.20. The summed E-state index contributed by atoms with van der Waals surface area (Å²) in [5.74, 6) is 0.455. The van der Waals surface area contributed by atoms with Gasteiger partial charge in [0.05, 0.1) is 5.56 Å². The van der Waals surface area contributed by atoms with Gasteiger partial charge in [-0.3, -0.25) is 9.89 Å². The van der Waals surface area contributed by atoms with Gasteiger partial charge in [0.15, 0.2) is 5.82 Å². The summed E-state index contributed by atoms with van der Waals surface area (Å²) < 4.78 is 0. The van der Waals surface area contributed by atoms with Gasteiger partial charge in [-0.05, 0) is 17.9 Å². The minimum absolute atomic E-state index is 0.00568. The van der Waals surface area contributed by atoms with Crippen LogP contribution in [0.15, 0.2) is 16.8 Å². The molecule has 2 aromatic rings. The standard InChI is InChI=1S/C13H17N3OS/c1-8-6-18-7-9(8)12(17)14-11-5-10(15-16-11)13(2,3)4/h5-7H,1-4H3,(H2,14,15,16,17). The summed E-state index contributed by atoms with van der Waals surface area (Å²) in [7, 11) is 0. The molecule has 0 aliphatic heterocycles. The van der Waals surface area contributed by atoms with E-state index in [0.29, 0.717) is 11.4 Å². The lowest BCUT2D eigenvalue weighted by Gasteiger charge is -2.14. The van der Waals surface area contributed by atoms with Crippen LogP contribution in [-0.2, 0) is 5.41 Å². The summed E-state index contributed by atoms with van der Waals surface area (Å²) in [5, 5.41) is 13.7. The van der Waals surface area contributed by atoms with Crippen molar-refractivity contribution in [3.8, 4) is 0 Å². The molecule has 4 nitrogen and oxygen atoms in total. The lowest BCUT2D eigenvalue weighted by atomic mass is 9.92. The predicted molar refractivity (Wildman–Crippen MR) is 74.3 cm³/mol. The van der Waals surface area contributed by atoms with Crippen LogP contribution in [0.3, 0.4) is 0 Å². The molecule has 0 saturated carbocycles. The molecule has 0 radical (unpaired) electrons. The molecule has 2 rings (SSSR count). The second kappa shape index (κ2) is 4.57. The number of hydrogen-bond acceptors (Lipinski definition) is 3. The highest BCUT2D eigenvalue weighted by molar-refractivity contribution is 7.08. The number of nitrogens with one attached hydrogen (secondary N) is 2. The third-order valence-electron chi connectivity index (χ3n) is 2.73. The van der Waals surface area contributed by atoms with Crippen LogP contribution in [0.25, 0.3) is 0 Å². The molecule has 96 valence electrons. The fourth-order valence-electron chi connectivity index (χ4n) is 1.55. The lowest BCUT2D eigenvalue weighted by Crippen LogP contribution is -2.12. The van der Waals surface area contributed by atoms with Crippen molar-refractivity contribution >= 4 is 23.1 Å². The summed E-state index contributed by atoms with van der Waals surface area (Å²) in [6.07, 6.45) is 0. The Balaban J connectivity index is 2.13. The topological polar surface area (TPSA) is 57.8 Å². The van der Waals surface area contributed by atoms with Crippen molar-refractivity contribution in [1.29, 1.82) is 0 Å². The number of amides is 1. The van der Waals surface area contributed by atoms with Crippen molar-refractivity contribution < 1.29 is 4.79 Å². The van der Waals surface area contributed by atoms with Crippen molar-refractivity contribution in [1.82, 2.24) is 10.2 Å². The maximum Gasteiger partial charge on any atom is 0.257 e. The highest BCUT2D eigenvalue weighted by Gasteiger charge is 2.18. The van der Waals surface area contributed by atoms with Crippen molar-refractivity contribution in [2.75, 3.05) is 5.32 Å². The SMILES string of the molecule is Cc1cscc1C(=O)Nc1cc(C(C)(C)C)[nH]n1. The molecule has 2 N–H and O–H groups in total. The Morgan fingerprint density at radius 1 is 1.39 bits per heavy atom. The van der Waals surface area contributed by atoms with Crippen molar-refractivity contribution in [3.05, 3.63) is 33.6 Å². The number of nitrogens with zero attached hydrogens (tertiary/aromatic N) is 1. The molecule has 0 atom stereocenters. The van der Waals surface area contributed by atoms with E-state index in [9.17, 15) is 4.79 Å². The quantitative estimate of drug-likeness (QED) is 0.873. The molecular formula is C13H17N3OS. The van der Waals surface area contributed by atoms with Crippen LogP contribution in [0.2, 0.25) is 0 Å². The zero-order valence-electron chi connectivity index (χ0n) is 11.0. The highest BCUT2D eigenvalue weighted by Crippen LogP contribution is 2.22. The average molecular weight is 263 g/mol. The van der Waals surface area contributed by atoms with Crippen LogP contribution < -0.4 is 5.32 Å². The van der Waals surface area contributed by atoms with Gasteiger partial charge < -0.3 is 5.32 Å². The number of H-pyrrole nitrogens is 1. The van der Waals surface area contributed by atoms with Gasteiger partial charge in [0, 0.05) is 22.6 Å². The van der Waals surface area contributed by atoms with E-state index in [1.54, 1.807) is 0 Å². The molecular weight excluding hydrogens is 246 g/mol. The van der Waals surface area contributed by atoms with Gasteiger partial charge in [0.1, 0.15) is 0 Å². The molecule has 0 aliphatic carbocycles. The van der Waals surface area contributed by atoms with E-state index >= 15 is 0 Å². The second-order valence-corrected chi connectivity index (χ2v) is 6.08. The fraction of sp³-hybridized carbons (Fsp3) is 0.385. The first-order valence-electron chi connectivity index (χ1n) is 5.78. The number of anilines is 1. The molecule has 5 heteroatoms. The molecule has 0 bridgehead atoms. The molecule has 0 spiro atoms. The summed E-state index contributed by atoms with van der Waals surface area (Å²) >= 11 is 1.53. The number of carbonyl (C=O) groups excluding carboxylic acids is 1. The Kier molecular flexibility index (Phi) is 3.26. The fourth-order valence-corrected chi connectivity index (χ4v) is 2.37. The number of carbonyl (C=O) groups is 1. The zero-order chi connectivity index (χ0) is 13.3. The number of hydrogen-bond donors (Lipinski definition) is 2. The zero-order valence-corrected chi connectivity index (χ0v) is 11.8. The second-order valence-electron chi connectivity index (χ2n) is 5.34. The van der Waals surface area contributed by atoms with Gasteiger partial charge in [-0.15, -0.1) is 0 Å². The first-order chi connectivity index (χ1) is 8.38.